The molecule has 0 saturated carbocycles. The van der Waals surface area contributed by atoms with Crippen LogP contribution < -0.4 is 9.62 Å². The van der Waals surface area contributed by atoms with Crippen LogP contribution in [0.1, 0.15) is 23.6 Å². The smallest absolute Gasteiger partial charge is 0.264 e. The molecule has 0 unspecified atom stereocenters. The van der Waals surface area contributed by atoms with Gasteiger partial charge >= 0.3 is 0 Å². The van der Waals surface area contributed by atoms with Gasteiger partial charge in [0.05, 0.1) is 10.6 Å². The highest BCUT2D eigenvalue weighted by atomic mass is 32.2. The number of sulfonamides is 1. The van der Waals surface area contributed by atoms with Crippen LogP contribution in [0.4, 0.5) is 10.1 Å². The lowest BCUT2D eigenvalue weighted by Crippen LogP contribution is -2.53. The second-order valence-corrected chi connectivity index (χ2v) is 11.7. The Hall–Kier alpha value is -4.50. The summed E-state index contributed by atoms with van der Waals surface area (Å²) in [6.45, 7) is 3.09. The van der Waals surface area contributed by atoms with E-state index in [0.29, 0.717) is 12.2 Å². The van der Waals surface area contributed by atoms with Crippen LogP contribution in [0.3, 0.4) is 0 Å². The molecule has 0 spiro atoms. The topological polar surface area (TPSA) is 86.8 Å². The van der Waals surface area contributed by atoms with Crippen molar-refractivity contribution < 1.29 is 22.4 Å². The first-order chi connectivity index (χ1) is 20.2. The summed E-state index contributed by atoms with van der Waals surface area (Å²) in [6.07, 6.45) is 0.156. The minimum Gasteiger partial charge on any atom is -0.355 e. The average Bonchev–Trinajstić information content (AvgIpc) is 2.99. The summed E-state index contributed by atoms with van der Waals surface area (Å²) in [6, 6.07) is 28.9. The molecule has 42 heavy (non-hydrogen) atoms. The highest BCUT2D eigenvalue weighted by molar-refractivity contribution is 7.92. The number of amides is 2. The number of rotatable bonds is 12. The SMILES string of the molecule is CCNC(=O)[C@H](Cc1ccccc1)N(Cc1ccccc1F)C(=O)CN(c1cccc(C)c1)S(=O)(=O)c1ccccc1. The van der Waals surface area contributed by atoms with Crippen molar-refractivity contribution in [2.75, 3.05) is 17.4 Å². The normalized spacial score (nSPS) is 11.9. The summed E-state index contributed by atoms with van der Waals surface area (Å²) in [7, 11) is -4.18. The number of hydrogen-bond donors (Lipinski definition) is 1. The first-order valence-corrected chi connectivity index (χ1v) is 15.1. The minimum atomic E-state index is -4.18. The molecule has 9 heteroatoms. The number of carbonyl (C=O) groups excluding carboxylic acids is 2. The van der Waals surface area contributed by atoms with E-state index in [1.165, 1.54) is 23.1 Å². The molecular weight excluding hydrogens is 553 g/mol. The number of nitrogens with one attached hydrogen (secondary N) is 1. The molecule has 0 heterocycles. The van der Waals surface area contributed by atoms with Crippen LogP contribution in [0.15, 0.2) is 114 Å². The first kappa shape index (κ1) is 30.5. The van der Waals surface area contributed by atoms with Gasteiger partial charge in [-0.1, -0.05) is 78.9 Å². The van der Waals surface area contributed by atoms with Crippen molar-refractivity contribution in [1.82, 2.24) is 10.2 Å². The van der Waals surface area contributed by atoms with E-state index in [9.17, 15) is 22.4 Å². The van der Waals surface area contributed by atoms with Gasteiger partial charge in [0.2, 0.25) is 11.8 Å². The number of halogens is 1. The average molecular weight is 588 g/mol. The number of nitrogens with zero attached hydrogens (tertiary/aromatic N) is 2. The first-order valence-electron chi connectivity index (χ1n) is 13.7. The Morgan fingerprint density at radius 1 is 0.857 bits per heavy atom. The Kier molecular flexibility index (Phi) is 10.1. The van der Waals surface area contributed by atoms with Crippen molar-refractivity contribution in [2.24, 2.45) is 0 Å². The van der Waals surface area contributed by atoms with Crippen molar-refractivity contribution in [3.8, 4) is 0 Å². The van der Waals surface area contributed by atoms with Crippen LogP contribution in [0.25, 0.3) is 0 Å². The summed E-state index contributed by atoms with van der Waals surface area (Å²) in [5, 5.41) is 2.79. The van der Waals surface area contributed by atoms with E-state index in [1.807, 2.05) is 43.3 Å². The zero-order valence-electron chi connectivity index (χ0n) is 23.6. The van der Waals surface area contributed by atoms with Crippen molar-refractivity contribution in [2.45, 2.75) is 37.8 Å². The molecule has 1 N–H and O–H groups in total. The van der Waals surface area contributed by atoms with Crippen molar-refractivity contribution in [1.29, 1.82) is 0 Å². The molecule has 0 aliphatic heterocycles. The van der Waals surface area contributed by atoms with E-state index in [-0.39, 0.29) is 23.4 Å². The van der Waals surface area contributed by atoms with Crippen LogP contribution in [0.5, 0.6) is 0 Å². The molecule has 0 bridgehead atoms. The maximum atomic E-state index is 14.9. The lowest BCUT2D eigenvalue weighted by atomic mass is 10.0. The van der Waals surface area contributed by atoms with Crippen molar-refractivity contribution >= 4 is 27.5 Å². The maximum Gasteiger partial charge on any atom is 0.264 e. The summed E-state index contributed by atoms with van der Waals surface area (Å²) >= 11 is 0. The number of aryl methyl sites for hydroxylation is 1. The van der Waals surface area contributed by atoms with Gasteiger partial charge in [-0.3, -0.25) is 13.9 Å². The van der Waals surface area contributed by atoms with E-state index in [0.717, 1.165) is 15.4 Å². The highest BCUT2D eigenvalue weighted by Crippen LogP contribution is 2.26. The molecule has 218 valence electrons. The molecule has 0 fully saturated rings. The molecule has 0 aliphatic carbocycles. The van der Waals surface area contributed by atoms with Gasteiger partial charge in [-0.15, -0.1) is 0 Å². The number of likely N-dealkylation sites (N-methyl/N-ethyl adjacent to an activating group) is 1. The molecule has 0 saturated heterocycles. The predicted molar refractivity (Wildman–Crippen MR) is 162 cm³/mol. The van der Waals surface area contributed by atoms with Crippen molar-refractivity contribution in [3.63, 3.8) is 0 Å². The minimum absolute atomic E-state index is 0.0181. The Bertz CT molecular complexity index is 1610. The fourth-order valence-corrected chi connectivity index (χ4v) is 6.11. The molecule has 2 amide bonds. The largest absolute Gasteiger partial charge is 0.355 e. The zero-order chi connectivity index (χ0) is 30.1. The number of anilines is 1. The van der Waals surface area contributed by atoms with Gasteiger partial charge in [-0.2, -0.15) is 0 Å². The summed E-state index contributed by atoms with van der Waals surface area (Å²) in [5.74, 6) is -1.59. The van der Waals surface area contributed by atoms with Crippen molar-refractivity contribution in [3.05, 3.63) is 132 Å². The standard InChI is InChI=1S/C33H34FN3O4S/c1-3-35-33(39)31(22-26-14-6-4-7-15-26)36(23-27-16-10-11-20-30(27)34)32(38)24-37(28-17-12-13-25(2)21-28)42(40,41)29-18-8-5-9-19-29/h4-21,31H,3,22-24H2,1-2H3,(H,35,39)/t31-/m0/s1. The second-order valence-electron chi connectivity index (χ2n) is 9.88. The molecule has 7 nitrogen and oxygen atoms in total. The van der Waals surface area contributed by atoms with Gasteiger partial charge in [0.25, 0.3) is 10.0 Å². The Morgan fingerprint density at radius 2 is 1.50 bits per heavy atom. The van der Waals surface area contributed by atoms with E-state index >= 15 is 0 Å². The third-order valence-electron chi connectivity index (χ3n) is 6.82. The number of hydrogen-bond acceptors (Lipinski definition) is 4. The Labute approximate surface area is 246 Å². The zero-order valence-corrected chi connectivity index (χ0v) is 24.4. The van der Waals surface area contributed by atoms with Crippen LogP contribution in [-0.2, 0) is 32.6 Å². The fourth-order valence-electron chi connectivity index (χ4n) is 4.69. The van der Waals surface area contributed by atoms with Crippen LogP contribution >= 0.6 is 0 Å². The van der Waals surface area contributed by atoms with Crippen LogP contribution in [0, 0.1) is 12.7 Å². The maximum absolute atomic E-state index is 14.9. The predicted octanol–water partition coefficient (Wildman–Crippen LogP) is 5.11. The van der Waals surface area contributed by atoms with Crippen LogP contribution in [0.2, 0.25) is 0 Å². The third-order valence-corrected chi connectivity index (χ3v) is 8.61. The lowest BCUT2D eigenvalue weighted by Gasteiger charge is -2.34. The second kappa shape index (κ2) is 13.9. The molecular formula is C33H34FN3O4S. The Balaban J connectivity index is 1.80. The van der Waals surface area contributed by atoms with Gasteiger partial charge in [0, 0.05) is 25.1 Å². The molecule has 4 aromatic carbocycles. The fraction of sp³-hybridized carbons (Fsp3) is 0.212. The molecule has 0 aromatic heterocycles. The van der Waals surface area contributed by atoms with E-state index < -0.39 is 40.2 Å². The number of benzene rings is 4. The number of carbonyl (C=O) groups is 2. The van der Waals surface area contributed by atoms with E-state index in [1.54, 1.807) is 61.5 Å². The summed E-state index contributed by atoms with van der Waals surface area (Å²) in [4.78, 5) is 29.0. The summed E-state index contributed by atoms with van der Waals surface area (Å²) in [5.41, 5.74) is 2.12. The van der Waals surface area contributed by atoms with Gasteiger partial charge in [-0.05, 0) is 55.3 Å². The van der Waals surface area contributed by atoms with Crippen LogP contribution in [-0.4, -0.2) is 44.3 Å². The van der Waals surface area contributed by atoms with E-state index in [2.05, 4.69) is 5.32 Å². The highest BCUT2D eigenvalue weighted by Gasteiger charge is 2.34. The lowest BCUT2D eigenvalue weighted by molar-refractivity contribution is -0.140. The molecule has 4 rings (SSSR count). The van der Waals surface area contributed by atoms with Gasteiger partial charge in [-0.25, -0.2) is 12.8 Å². The third kappa shape index (κ3) is 7.41. The monoisotopic (exact) mass is 587 g/mol. The molecule has 0 aliphatic rings. The van der Waals surface area contributed by atoms with E-state index in [4.69, 9.17) is 0 Å². The van der Waals surface area contributed by atoms with Gasteiger partial charge < -0.3 is 10.2 Å². The quantitative estimate of drug-likeness (QED) is 0.250. The van der Waals surface area contributed by atoms with Gasteiger partial charge in [0.1, 0.15) is 18.4 Å². The Morgan fingerprint density at radius 3 is 2.14 bits per heavy atom. The molecule has 1 atom stereocenters. The van der Waals surface area contributed by atoms with Gasteiger partial charge in [0.15, 0.2) is 0 Å². The molecule has 0 radical (unpaired) electrons. The molecule has 4 aromatic rings. The summed E-state index contributed by atoms with van der Waals surface area (Å²) < 4.78 is 43.8.